The predicted molar refractivity (Wildman–Crippen MR) is 69.6 cm³/mol. The van der Waals surface area contributed by atoms with Crippen molar-refractivity contribution in [2.24, 2.45) is 0 Å². The molecule has 1 aliphatic rings. The van der Waals surface area contributed by atoms with Gasteiger partial charge < -0.3 is 14.6 Å². The third kappa shape index (κ3) is 6.01. The molecule has 5 heteroatoms. The Hall–Kier alpha value is -1.88. The van der Waals surface area contributed by atoms with Crippen molar-refractivity contribution in [3.05, 3.63) is 36.5 Å². The van der Waals surface area contributed by atoms with Crippen LogP contribution in [0.4, 0.5) is 0 Å². The summed E-state index contributed by atoms with van der Waals surface area (Å²) in [7, 11) is 0. The summed E-state index contributed by atoms with van der Waals surface area (Å²) >= 11 is 0. The predicted octanol–water partition coefficient (Wildman–Crippen LogP) is 1.85. The topological polar surface area (TPSA) is 72.8 Å². The molecule has 0 bridgehead atoms. The fourth-order valence-corrected chi connectivity index (χ4v) is 1.55. The van der Waals surface area contributed by atoms with Gasteiger partial charge in [-0.25, -0.2) is 9.59 Å². The SMILES string of the molecule is C=CC(=O)OCCCCOC1C=CC(C(=O)O)=CC1. The Labute approximate surface area is 112 Å². The van der Waals surface area contributed by atoms with Gasteiger partial charge in [0, 0.05) is 12.7 Å². The molecule has 0 fully saturated rings. The van der Waals surface area contributed by atoms with Gasteiger partial charge in [0.05, 0.1) is 18.3 Å². The Morgan fingerprint density at radius 1 is 1.42 bits per heavy atom. The Bertz CT molecular complexity index is 395. The van der Waals surface area contributed by atoms with Crippen molar-refractivity contribution in [2.75, 3.05) is 13.2 Å². The van der Waals surface area contributed by atoms with Crippen molar-refractivity contribution < 1.29 is 24.2 Å². The van der Waals surface area contributed by atoms with E-state index in [0.29, 0.717) is 25.2 Å². The summed E-state index contributed by atoms with van der Waals surface area (Å²) in [5, 5.41) is 8.75. The Morgan fingerprint density at radius 2 is 2.16 bits per heavy atom. The van der Waals surface area contributed by atoms with E-state index in [0.717, 1.165) is 18.9 Å². The monoisotopic (exact) mass is 266 g/mol. The quantitative estimate of drug-likeness (QED) is 0.412. The van der Waals surface area contributed by atoms with Crippen molar-refractivity contribution in [1.29, 1.82) is 0 Å². The molecular weight excluding hydrogens is 248 g/mol. The van der Waals surface area contributed by atoms with Crippen molar-refractivity contribution in [3.63, 3.8) is 0 Å². The van der Waals surface area contributed by atoms with Gasteiger partial charge >= 0.3 is 11.9 Å². The van der Waals surface area contributed by atoms with Gasteiger partial charge in [0.1, 0.15) is 0 Å². The average molecular weight is 266 g/mol. The lowest BCUT2D eigenvalue weighted by atomic mass is 10.1. The number of carboxylic acids is 1. The minimum Gasteiger partial charge on any atom is -0.478 e. The highest BCUT2D eigenvalue weighted by atomic mass is 16.5. The molecule has 5 nitrogen and oxygen atoms in total. The molecule has 0 saturated carbocycles. The van der Waals surface area contributed by atoms with E-state index in [2.05, 4.69) is 6.58 Å². The first-order chi connectivity index (χ1) is 9.13. The average Bonchev–Trinajstić information content (AvgIpc) is 2.42. The molecule has 0 radical (unpaired) electrons. The zero-order chi connectivity index (χ0) is 14.1. The van der Waals surface area contributed by atoms with Crippen LogP contribution in [0.3, 0.4) is 0 Å². The van der Waals surface area contributed by atoms with Crippen molar-refractivity contribution >= 4 is 11.9 Å². The van der Waals surface area contributed by atoms with E-state index in [1.54, 1.807) is 18.2 Å². The highest BCUT2D eigenvalue weighted by Gasteiger charge is 2.12. The van der Waals surface area contributed by atoms with E-state index in [4.69, 9.17) is 14.6 Å². The number of hydrogen-bond acceptors (Lipinski definition) is 4. The van der Waals surface area contributed by atoms with Crippen LogP contribution in [0.2, 0.25) is 0 Å². The lowest BCUT2D eigenvalue weighted by Crippen LogP contribution is -2.14. The molecule has 0 amide bonds. The Balaban J connectivity index is 2.06. The lowest BCUT2D eigenvalue weighted by molar-refractivity contribution is -0.138. The maximum absolute atomic E-state index is 10.7. The van der Waals surface area contributed by atoms with Crippen LogP contribution in [0.25, 0.3) is 0 Å². The molecule has 0 aromatic rings. The van der Waals surface area contributed by atoms with Crippen LogP contribution < -0.4 is 0 Å². The van der Waals surface area contributed by atoms with Crippen molar-refractivity contribution in [1.82, 2.24) is 0 Å². The molecule has 0 aromatic heterocycles. The molecule has 19 heavy (non-hydrogen) atoms. The molecular formula is C14H18O5. The zero-order valence-corrected chi connectivity index (χ0v) is 10.7. The van der Waals surface area contributed by atoms with E-state index in [9.17, 15) is 9.59 Å². The number of carboxylic acid groups (broad SMARTS) is 1. The maximum Gasteiger partial charge on any atom is 0.335 e. The number of aliphatic carboxylic acids is 1. The van der Waals surface area contributed by atoms with Crippen LogP contribution in [-0.4, -0.2) is 36.4 Å². The van der Waals surface area contributed by atoms with Crippen LogP contribution in [-0.2, 0) is 19.1 Å². The fraction of sp³-hybridized carbons (Fsp3) is 0.429. The van der Waals surface area contributed by atoms with Gasteiger partial charge in [-0.1, -0.05) is 18.7 Å². The van der Waals surface area contributed by atoms with Gasteiger partial charge in [0.2, 0.25) is 0 Å². The number of esters is 1. The molecule has 104 valence electrons. The highest BCUT2D eigenvalue weighted by molar-refractivity contribution is 5.90. The minimum absolute atomic E-state index is 0.0705. The van der Waals surface area contributed by atoms with Gasteiger partial charge in [-0.2, -0.15) is 0 Å². The van der Waals surface area contributed by atoms with Crippen molar-refractivity contribution in [3.8, 4) is 0 Å². The van der Waals surface area contributed by atoms with Crippen LogP contribution in [0, 0.1) is 0 Å². The summed E-state index contributed by atoms with van der Waals surface area (Å²) in [5.74, 6) is -1.33. The second kappa shape index (κ2) is 8.26. The first-order valence-electron chi connectivity index (χ1n) is 6.16. The minimum atomic E-state index is -0.918. The van der Waals surface area contributed by atoms with Gasteiger partial charge in [-0.05, 0) is 25.3 Å². The second-order valence-electron chi connectivity index (χ2n) is 4.05. The van der Waals surface area contributed by atoms with Gasteiger partial charge in [0.15, 0.2) is 0 Å². The number of ether oxygens (including phenoxy) is 2. The number of rotatable bonds is 8. The molecule has 1 unspecified atom stereocenters. The summed E-state index contributed by atoms with van der Waals surface area (Å²) in [6.07, 6.45) is 8.11. The summed E-state index contributed by atoms with van der Waals surface area (Å²) in [5.41, 5.74) is 0.302. The second-order valence-corrected chi connectivity index (χ2v) is 4.05. The fourth-order valence-electron chi connectivity index (χ4n) is 1.55. The van der Waals surface area contributed by atoms with E-state index in [1.807, 2.05) is 0 Å². The summed E-state index contributed by atoms with van der Waals surface area (Å²) in [4.78, 5) is 21.4. The molecule has 0 heterocycles. The van der Waals surface area contributed by atoms with Gasteiger partial charge in [-0.15, -0.1) is 0 Å². The van der Waals surface area contributed by atoms with Gasteiger partial charge in [0.25, 0.3) is 0 Å². The van der Waals surface area contributed by atoms with Crippen molar-refractivity contribution in [2.45, 2.75) is 25.4 Å². The molecule has 0 saturated heterocycles. The highest BCUT2D eigenvalue weighted by Crippen LogP contribution is 2.13. The van der Waals surface area contributed by atoms with E-state index in [1.165, 1.54) is 0 Å². The van der Waals surface area contributed by atoms with E-state index in [-0.39, 0.29) is 6.10 Å². The normalized spacial score (nSPS) is 17.7. The summed E-state index contributed by atoms with van der Waals surface area (Å²) in [6.45, 7) is 4.21. The molecule has 1 atom stereocenters. The van der Waals surface area contributed by atoms with Gasteiger partial charge in [-0.3, -0.25) is 0 Å². The van der Waals surface area contributed by atoms with Crippen LogP contribution in [0.15, 0.2) is 36.5 Å². The number of unbranched alkanes of at least 4 members (excludes halogenated alkanes) is 1. The first-order valence-corrected chi connectivity index (χ1v) is 6.16. The molecule has 1 N–H and O–H groups in total. The van der Waals surface area contributed by atoms with Crippen LogP contribution >= 0.6 is 0 Å². The lowest BCUT2D eigenvalue weighted by Gasteiger charge is -2.15. The largest absolute Gasteiger partial charge is 0.478 e. The molecule has 1 aliphatic carbocycles. The summed E-state index contributed by atoms with van der Waals surface area (Å²) < 4.78 is 10.4. The maximum atomic E-state index is 10.7. The van der Waals surface area contributed by atoms with Crippen LogP contribution in [0.5, 0.6) is 0 Å². The third-order valence-electron chi connectivity index (χ3n) is 2.59. The number of carbonyl (C=O) groups excluding carboxylic acids is 1. The standard InChI is InChI=1S/C14H18O5/c1-2-13(15)19-10-4-3-9-18-12-7-5-11(6-8-12)14(16)17/h2,5-7,12H,1,3-4,8-10H2,(H,16,17). The molecule has 1 rings (SSSR count). The third-order valence-corrected chi connectivity index (χ3v) is 2.59. The van der Waals surface area contributed by atoms with Crippen LogP contribution in [0.1, 0.15) is 19.3 Å². The summed E-state index contributed by atoms with van der Waals surface area (Å²) in [6, 6.07) is 0. The molecule has 0 aliphatic heterocycles. The molecule has 0 aromatic carbocycles. The van der Waals surface area contributed by atoms with E-state index >= 15 is 0 Å². The Kier molecular flexibility index (Phi) is 6.60. The smallest absolute Gasteiger partial charge is 0.335 e. The number of carbonyl (C=O) groups is 2. The molecule has 0 spiro atoms. The zero-order valence-electron chi connectivity index (χ0n) is 10.7. The first kappa shape index (κ1) is 15.2. The van der Waals surface area contributed by atoms with E-state index < -0.39 is 11.9 Å². The number of hydrogen-bond donors (Lipinski definition) is 1. The Morgan fingerprint density at radius 3 is 2.74 bits per heavy atom.